The van der Waals surface area contributed by atoms with E-state index >= 15 is 0 Å². The summed E-state index contributed by atoms with van der Waals surface area (Å²) in [7, 11) is 0. The van der Waals surface area contributed by atoms with Gasteiger partial charge in [-0.05, 0) is 18.2 Å². The zero-order chi connectivity index (χ0) is 19.8. The van der Waals surface area contributed by atoms with Crippen molar-refractivity contribution in [3.63, 3.8) is 0 Å². The molecule has 2 rings (SSSR count). The van der Waals surface area contributed by atoms with Crippen LogP contribution in [-0.2, 0) is 23.9 Å². The van der Waals surface area contributed by atoms with Gasteiger partial charge in [-0.3, -0.25) is 19.2 Å². The van der Waals surface area contributed by atoms with E-state index in [0.29, 0.717) is 36.9 Å². The maximum Gasteiger partial charge on any atom is 0.306 e. The van der Waals surface area contributed by atoms with Crippen LogP contribution < -0.4 is 5.32 Å². The summed E-state index contributed by atoms with van der Waals surface area (Å²) in [6.45, 7) is 2.96. The van der Waals surface area contributed by atoms with Crippen molar-refractivity contribution in [1.29, 1.82) is 0 Å². The van der Waals surface area contributed by atoms with Gasteiger partial charge in [-0.1, -0.05) is 17.7 Å². The van der Waals surface area contributed by atoms with Crippen molar-refractivity contribution < 1.29 is 23.9 Å². The summed E-state index contributed by atoms with van der Waals surface area (Å²) >= 11 is 5.82. The molecule has 0 radical (unpaired) electrons. The third kappa shape index (κ3) is 6.90. The summed E-state index contributed by atoms with van der Waals surface area (Å²) < 4.78 is 4.88. The van der Waals surface area contributed by atoms with E-state index in [9.17, 15) is 19.2 Å². The quantitative estimate of drug-likeness (QED) is 0.732. The maximum atomic E-state index is 12.1. The zero-order valence-corrected chi connectivity index (χ0v) is 15.8. The molecule has 1 fully saturated rings. The van der Waals surface area contributed by atoms with Crippen molar-refractivity contribution in [1.82, 2.24) is 9.80 Å². The van der Waals surface area contributed by atoms with Gasteiger partial charge in [0.15, 0.2) is 6.61 Å². The van der Waals surface area contributed by atoms with E-state index in [4.69, 9.17) is 16.3 Å². The first-order valence-electron chi connectivity index (χ1n) is 8.59. The van der Waals surface area contributed by atoms with E-state index in [1.54, 1.807) is 34.1 Å². The second-order valence-electron chi connectivity index (χ2n) is 6.11. The fourth-order valence-electron chi connectivity index (χ4n) is 2.62. The van der Waals surface area contributed by atoms with Gasteiger partial charge in [-0.2, -0.15) is 0 Å². The van der Waals surface area contributed by atoms with E-state index in [-0.39, 0.29) is 24.7 Å². The number of nitrogens with zero attached hydrogens (tertiary/aromatic N) is 2. The average Bonchev–Trinajstić information content (AvgIpc) is 2.64. The second kappa shape index (κ2) is 9.91. The van der Waals surface area contributed by atoms with Crippen molar-refractivity contribution in [2.45, 2.75) is 19.8 Å². The molecule has 1 heterocycles. The number of ether oxygens (including phenoxy) is 1. The summed E-state index contributed by atoms with van der Waals surface area (Å²) in [5.41, 5.74) is 0.503. The van der Waals surface area contributed by atoms with Gasteiger partial charge in [0, 0.05) is 50.2 Å². The van der Waals surface area contributed by atoms with Gasteiger partial charge in [-0.25, -0.2) is 0 Å². The van der Waals surface area contributed by atoms with Crippen LogP contribution >= 0.6 is 11.6 Å². The minimum Gasteiger partial charge on any atom is -0.456 e. The molecular weight excluding hydrogens is 374 g/mol. The molecule has 0 bridgehead atoms. The lowest BCUT2D eigenvalue weighted by Crippen LogP contribution is -2.50. The highest BCUT2D eigenvalue weighted by atomic mass is 35.5. The van der Waals surface area contributed by atoms with Gasteiger partial charge < -0.3 is 19.9 Å². The highest BCUT2D eigenvalue weighted by Gasteiger charge is 2.22. The maximum absolute atomic E-state index is 12.1. The Morgan fingerprint density at radius 2 is 1.74 bits per heavy atom. The van der Waals surface area contributed by atoms with Crippen LogP contribution in [0.25, 0.3) is 0 Å². The lowest BCUT2D eigenvalue weighted by molar-refractivity contribution is -0.149. The monoisotopic (exact) mass is 395 g/mol. The van der Waals surface area contributed by atoms with Crippen molar-refractivity contribution in [2.24, 2.45) is 0 Å². The molecule has 0 unspecified atom stereocenters. The van der Waals surface area contributed by atoms with Crippen LogP contribution in [0.2, 0.25) is 5.02 Å². The molecule has 0 aromatic heterocycles. The molecule has 9 heteroatoms. The number of benzene rings is 1. The lowest BCUT2D eigenvalue weighted by atomic mass is 10.2. The third-order valence-corrected chi connectivity index (χ3v) is 4.33. The SMILES string of the molecule is CC(=O)N1CCN(C(=O)CCC(=O)OCC(=O)Nc2cccc(Cl)c2)CC1. The Morgan fingerprint density at radius 1 is 1.07 bits per heavy atom. The Bertz CT molecular complexity index is 717. The molecule has 0 saturated carbocycles. The number of esters is 1. The topological polar surface area (TPSA) is 96.0 Å². The van der Waals surface area contributed by atoms with Gasteiger partial charge in [0.05, 0.1) is 6.42 Å². The van der Waals surface area contributed by atoms with E-state index in [1.807, 2.05) is 0 Å². The smallest absolute Gasteiger partial charge is 0.306 e. The minimum atomic E-state index is -0.619. The lowest BCUT2D eigenvalue weighted by Gasteiger charge is -2.34. The first-order valence-corrected chi connectivity index (χ1v) is 8.97. The molecule has 1 saturated heterocycles. The van der Waals surface area contributed by atoms with Gasteiger partial charge in [0.2, 0.25) is 11.8 Å². The molecule has 1 aliphatic heterocycles. The Labute approximate surface area is 162 Å². The van der Waals surface area contributed by atoms with Crippen molar-refractivity contribution in [2.75, 3.05) is 38.1 Å². The molecule has 1 N–H and O–H groups in total. The normalized spacial score (nSPS) is 13.9. The number of hydrogen-bond donors (Lipinski definition) is 1. The van der Waals surface area contributed by atoms with Crippen molar-refractivity contribution in [3.8, 4) is 0 Å². The molecule has 0 aliphatic carbocycles. The predicted molar refractivity (Wildman–Crippen MR) is 99.1 cm³/mol. The molecule has 3 amide bonds. The molecule has 146 valence electrons. The molecule has 1 aliphatic rings. The van der Waals surface area contributed by atoms with Gasteiger partial charge >= 0.3 is 5.97 Å². The summed E-state index contributed by atoms with van der Waals surface area (Å²) in [4.78, 5) is 50.2. The number of carbonyl (C=O) groups excluding carboxylic acids is 4. The van der Waals surface area contributed by atoms with Crippen LogP contribution in [0.4, 0.5) is 5.69 Å². The number of rotatable bonds is 6. The number of carbonyl (C=O) groups is 4. The van der Waals surface area contributed by atoms with E-state index in [2.05, 4.69) is 5.32 Å². The van der Waals surface area contributed by atoms with Crippen LogP contribution in [0.5, 0.6) is 0 Å². The van der Waals surface area contributed by atoms with E-state index in [1.165, 1.54) is 6.92 Å². The van der Waals surface area contributed by atoms with Crippen LogP contribution in [0.1, 0.15) is 19.8 Å². The standard InChI is InChI=1S/C18H22ClN3O5/c1-13(23)21-7-9-22(10-8-21)17(25)5-6-18(26)27-12-16(24)20-15-4-2-3-14(19)11-15/h2-4,11H,5-10,12H2,1H3,(H,20,24). The molecule has 1 aromatic rings. The highest BCUT2D eigenvalue weighted by Crippen LogP contribution is 2.14. The minimum absolute atomic E-state index is 0.00875. The molecule has 0 atom stereocenters. The van der Waals surface area contributed by atoms with Crippen molar-refractivity contribution >= 4 is 41.0 Å². The molecule has 1 aromatic carbocycles. The number of amides is 3. The van der Waals surface area contributed by atoms with Crippen LogP contribution in [0.15, 0.2) is 24.3 Å². The van der Waals surface area contributed by atoms with Crippen LogP contribution in [0.3, 0.4) is 0 Å². The Balaban J connectivity index is 1.65. The Kier molecular flexibility index (Phi) is 7.60. The third-order valence-electron chi connectivity index (χ3n) is 4.09. The predicted octanol–water partition coefficient (Wildman–Crippen LogP) is 1.29. The fraction of sp³-hybridized carbons (Fsp3) is 0.444. The van der Waals surface area contributed by atoms with E-state index < -0.39 is 18.5 Å². The highest BCUT2D eigenvalue weighted by molar-refractivity contribution is 6.30. The van der Waals surface area contributed by atoms with Gasteiger partial charge in [0.1, 0.15) is 0 Å². The van der Waals surface area contributed by atoms with E-state index in [0.717, 1.165) is 0 Å². The van der Waals surface area contributed by atoms with Gasteiger partial charge in [0.25, 0.3) is 5.91 Å². The largest absolute Gasteiger partial charge is 0.456 e. The summed E-state index contributed by atoms with van der Waals surface area (Å²) in [5.74, 6) is -1.29. The number of piperazine rings is 1. The van der Waals surface area contributed by atoms with Crippen molar-refractivity contribution in [3.05, 3.63) is 29.3 Å². The Morgan fingerprint density at radius 3 is 2.37 bits per heavy atom. The number of halogens is 1. The van der Waals surface area contributed by atoms with Crippen LogP contribution in [0, 0.1) is 0 Å². The summed E-state index contributed by atoms with van der Waals surface area (Å²) in [6, 6.07) is 6.60. The zero-order valence-electron chi connectivity index (χ0n) is 15.1. The number of anilines is 1. The molecule has 0 spiro atoms. The molecular formula is C18H22ClN3O5. The molecule has 27 heavy (non-hydrogen) atoms. The fourth-order valence-corrected chi connectivity index (χ4v) is 2.81. The first-order chi connectivity index (χ1) is 12.8. The number of nitrogens with one attached hydrogen (secondary N) is 1. The first kappa shape index (κ1) is 20.7. The second-order valence-corrected chi connectivity index (χ2v) is 6.54. The molecule has 8 nitrogen and oxygen atoms in total. The summed E-state index contributed by atoms with van der Waals surface area (Å²) in [6.07, 6.45) is -0.0922. The average molecular weight is 396 g/mol. The number of hydrogen-bond acceptors (Lipinski definition) is 5. The van der Waals surface area contributed by atoms with Gasteiger partial charge in [-0.15, -0.1) is 0 Å². The van der Waals surface area contributed by atoms with Crippen LogP contribution in [-0.4, -0.2) is 66.3 Å². The summed E-state index contributed by atoms with van der Waals surface area (Å²) in [5, 5.41) is 3.04. The Hall–Kier alpha value is -2.61.